The highest BCUT2D eigenvalue weighted by molar-refractivity contribution is 5.13. The fraction of sp³-hybridized carbons (Fsp3) is 0.545. The number of nitrogens with zero attached hydrogens (tertiary/aromatic N) is 1. The van der Waals surface area contributed by atoms with Crippen molar-refractivity contribution in [2.75, 3.05) is 6.54 Å². The van der Waals surface area contributed by atoms with Crippen molar-refractivity contribution in [2.45, 2.75) is 33.2 Å². The lowest BCUT2D eigenvalue weighted by molar-refractivity contribution is 0.590. The van der Waals surface area contributed by atoms with E-state index in [9.17, 15) is 0 Å². The average Bonchev–Trinajstić information content (AvgIpc) is 2.08. The van der Waals surface area contributed by atoms with Gasteiger partial charge >= 0.3 is 0 Å². The van der Waals surface area contributed by atoms with Gasteiger partial charge in [-0.3, -0.25) is 4.98 Å². The molecule has 2 nitrogen and oxygen atoms in total. The summed E-state index contributed by atoms with van der Waals surface area (Å²) in [5, 5.41) is 3.38. The predicted molar refractivity (Wildman–Crippen MR) is 55.8 cm³/mol. The maximum Gasteiger partial charge on any atom is 0.0372 e. The molecule has 1 rings (SSSR count). The Labute approximate surface area is 80.4 Å². The van der Waals surface area contributed by atoms with Crippen molar-refractivity contribution in [3.8, 4) is 0 Å². The summed E-state index contributed by atoms with van der Waals surface area (Å²) in [6.07, 6.45) is 3.02. The van der Waals surface area contributed by atoms with Crippen molar-refractivity contribution < 1.29 is 0 Å². The second kappa shape index (κ2) is 4.97. The first kappa shape index (κ1) is 10.2. The molecule has 1 N–H and O–H groups in total. The molecule has 0 fully saturated rings. The van der Waals surface area contributed by atoms with Crippen molar-refractivity contribution >= 4 is 0 Å². The maximum absolute atomic E-state index is 4.25. The van der Waals surface area contributed by atoms with Gasteiger partial charge in [0.1, 0.15) is 0 Å². The zero-order chi connectivity index (χ0) is 9.68. The standard InChI is InChI=1S/C11H18N2/c1-9(2)12-7-6-11-5-4-10(3)13-8-11/h4-5,8-9,12H,6-7H2,1-3H3. The molecular formula is C11H18N2. The molecule has 72 valence electrons. The van der Waals surface area contributed by atoms with E-state index in [2.05, 4.69) is 36.3 Å². The molecule has 0 saturated heterocycles. The van der Waals surface area contributed by atoms with E-state index in [1.54, 1.807) is 0 Å². The Kier molecular flexibility index (Phi) is 3.90. The summed E-state index contributed by atoms with van der Waals surface area (Å²) < 4.78 is 0. The van der Waals surface area contributed by atoms with Crippen LogP contribution in [0.4, 0.5) is 0 Å². The lowest BCUT2D eigenvalue weighted by Crippen LogP contribution is -2.24. The summed E-state index contributed by atoms with van der Waals surface area (Å²) >= 11 is 0. The number of rotatable bonds is 4. The van der Waals surface area contributed by atoms with E-state index in [1.807, 2.05) is 13.1 Å². The fourth-order valence-electron chi connectivity index (χ4n) is 1.15. The molecule has 0 aliphatic carbocycles. The van der Waals surface area contributed by atoms with Gasteiger partial charge < -0.3 is 5.32 Å². The van der Waals surface area contributed by atoms with Gasteiger partial charge in [-0.2, -0.15) is 0 Å². The summed E-state index contributed by atoms with van der Waals surface area (Å²) in [5.41, 5.74) is 2.39. The van der Waals surface area contributed by atoms with E-state index in [0.717, 1.165) is 18.7 Å². The molecule has 1 aromatic rings. The van der Waals surface area contributed by atoms with E-state index in [-0.39, 0.29) is 0 Å². The average molecular weight is 178 g/mol. The van der Waals surface area contributed by atoms with Crippen molar-refractivity contribution in [2.24, 2.45) is 0 Å². The molecule has 0 aliphatic rings. The molecule has 0 saturated carbocycles. The Hall–Kier alpha value is -0.890. The van der Waals surface area contributed by atoms with Crippen LogP contribution < -0.4 is 5.32 Å². The predicted octanol–water partition coefficient (Wildman–Crippen LogP) is 1.93. The molecule has 1 heterocycles. The van der Waals surface area contributed by atoms with Crippen LogP contribution in [0, 0.1) is 6.92 Å². The first-order valence-corrected chi connectivity index (χ1v) is 4.83. The minimum atomic E-state index is 0.568. The summed E-state index contributed by atoms with van der Waals surface area (Å²) in [4.78, 5) is 4.25. The second-order valence-electron chi connectivity index (χ2n) is 3.67. The normalized spacial score (nSPS) is 10.8. The molecule has 0 aromatic carbocycles. The van der Waals surface area contributed by atoms with Crippen molar-refractivity contribution in [1.82, 2.24) is 10.3 Å². The maximum atomic E-state index is 4.25. The zero-order valence-electron chi connectivity index (χ0n) is 8.67. The summed E-state index contributed by atoms with van der Waals surface area (Å²) in [5.74, 6) is 0. The van der Waals surface area contributed by atoms with Gasteiger partial charge in [0.25, 0.3) is 0 Å². The van der Waals surface area contributed by atoms with Crippen LogP contribution in [0.1, 0.15) is 25.1 Å². The van der Waals surface area contributed by atoms with Crippen LogP contribution in [0.2, 0.25) is 0 Å². The highest BCUT2D eigenvalue weighted by Crippen LogP contribution is 1.99. The first-order valence-electron chi connectivity index (χ1n) is 4.83. The second-order valence-corrected chi connectivity index (χ2v) is 3.67. The smallest absolute Gasteiger partial charge is 0.0372 e. The third-order valence-corrected chi connectivity index (χ3v) is 1.94. The molecule has 0 spiro atoms. The van der Waals surface area contributed by atoms with Crippen LogP contribution in [-0.2, 0) is 6.42 Å². The van der Waals surface area contributed by atoms with E-state index in [4.69, 9.17) is 0 Å². The van der Waals surface area contributed by atoms with Crippen LogP contribution in [0.5, 0.6) is 0 Å². The molecule has 0 radical (unpaired) electrons. The molecule has 0 unspecified atom stereocenters. The van der Waals surface area contributed by atoms with Gasteiger partial charge in [0.2, 0.25) is 0 Å². The summed E-state index contributed by atoms with van der Waals surface area (Å²) in [7, 11) is 0. The monoisotopic (exact) mass is 178 g/mol. The molecular weight excluding hydrogens is 160 g/mol. The number of hydrogen-bond donors (Lipinski definition) is 1. The first-order chi connectivity index (χ1) is 6.18. The lowest BCUT2D eigenvalue weighted by Gasteiger charge is -2.07. The van der Waals surface area contributed by atoms with Gasteiger partial charge in [0, 0.05) is 17.9 Å². The summed E-state index contributed by atoms with van der Waals surface area (Å²) in [6, 6.07) is 4.77. The van der Waals surface area contributed by atoms with Gasteiger partial charge in [-0.25, -0.2) is 0 Å². The number of pyridine rings is 1. The van der Waals surface area contributed by atoms with Crippen LogP contribution in [-0.4, -0.2) is 17.6 Å². The molecule has 0 bridgehead atoms. The third kappa shape index (κ3) is 4.04. The molecule has 0 amide bonds. The molecule has 0 atom stereocenters. The Morgan fingerprint density at radius 2 is 2.15 bits per heavy atom. The third-order valence-electron chi connectivity index (χ3n) is 1.94. The quantitative estimate of drug-likeness (QED) is 0.762. The van der Waals surface area contributed by atoms with Gasteiger partial charge in [-0.15, -0.1) is 0 Å². The topological polar surface area (TPSA) is 24.9 Å². The zero-order valence-corrected chi connectivity index (χ0v) is 8.67. The number of hydrogen-bond acceptors (Lipinski definition) is 2. The highest BCUT2D eigenvalue weighted by atomic mass is 14.9. The van der Waals surface area contributed by atoms with Crippen LogP contribution in [0.15, 0.2) is 18.3 Å². The van der Waals surface area contributed by atoms with Crippen LogP contribution in [0.3, 0.4) is 0 Å². The van der Waals surface area contributed by atoms with Crippen molar-refractivity contribution in [1.29, 1.82) is 0 Å². The Morgan fingerprint density at radius 1 is 1.38 bits per heavy atom. The van der Waals surface area contributed by atoms with E-state index in [1.165, 1.54) is 5.56 Å². The Balaban J connectivity index is 2.33. The van der Waals surface area contributed by atoms with E-state index < -0.39 is 0 Å². The minimum Gasteiger partial charge on any atom is -0.314 e. The van der Waals surface area contributed by atoms with E-state index >= 15 is 0 Å². The van der Waals surface area contributed by atoms with Gasteiger partial charge in [0.05, 0.1) is 0 Å². The minimum absolute atomic E-state index is 0.568. The SMILES string of the molecule is Cc1ccc(CCNC(C)C)cn1. The summed E-state index contributed by atoms with van der Waals surface area (Å²) in [6.45, 7) is 7.36. The number of aryl methyl sites for hydroxylation is 1. The lowest BCUT2D eigenvalue weighted by atomic mass is 10.2. The van der Waals surface area contributed by atoms with Crippen molar-refractivity contribution in [3.05, 3.63) is 29.6 Å². The number of aromatic nitrogens is 1. The fourth-order valence-corrected chi connectivity index (χ4v) is 1.15. The molecule has 1 aromatic heterocycles. The Bertz CT molecular complexity index is 239. The van der Waals surface area contributed by atoms with Gasteiger partial charge in [-0.05, 0) is 31.5 Å². The highest BCUT2D eigenvalue weighted by Gasteiger charge is 1.94. The molecule has 13 heavy (non-hydrogen) atoms. The van der Waals surface area contributed by atoms with Crippen LogP contribution >= 0.6 is 0 Å². The van der Waals surface area contributed by atoms with Gasteiger partial charge in [0.15, 0.2) is 0 Å². The largest absolute Gasteiger partial charge is 0.314 e. The Morgan fingerprint density at radius 3 is 2.69 bits per heavy atom. The van der Waals surface area contributed by atoms with Crippen molar-refractivity contribution in [3.63, 3.8) is 0 Å². The van der Waals surface area contributed by atoms with E-state index in [0.29, 0.717) is 6.04 Å². The van der Waals surface area contributed by atoms with Gasteiger partial charge in [-0.1, -0.05) is 19.9 Å². The molecule has 2 heteroatoms. The van der Waals surface area contributed by atoms with Crippen LogP contribution in [0.25, 0.3) is 0 Å². The molecule has 0 aliphatic heterocycles. The number of nitrogens with one attached hydrogen (secondary N) is 1.